The number of rotatable bonds is 2. The Morgan fingerprint density at radius 3 is 3.05 bits per heavy atom. The summed E-state index contributed by atoms with van der Waals surface area (Å²) in [6.45, 7) is 2.05. The van der Waals surface area contributed by atoms with Crippen LogP contribution in [-0.2, 0) is 6.54 Å². The fourth-order valence-electron chi connectivity index (χ4n) is 2.91. The number of para-hydroxylation sites is 1. The van der Waals surface area contributed by atoms with E-state index >= 15 is 0 Å². The van der Waals surface area contributed by atoms with Crippen LogP contribution in [0.4, 0.5) is 5.95 Å². The number of likely N-dealkylation sites (tertiary alicyclic amines) is 1. The zero-order valence-corrected chi connectivity index (χ0v) is 11.9. The maximum absolute atomic E-state index is 6.17. The van der Waals surface area contributed by atoms with E-state index in [1.807, 2.05) is 18.2 Å². The van der Waals surface area contributed by atoms with Gasteiger partial charge in [0.2, 0.25) is 5.95 Å². The molecule has 1 aromatic carbocycles. The van der Waals surface area contributed by atoms with Crippen LogP contribution in [0.1, 0.15) is 19.3 Å². The lowest BCUT2D eigenvalue weighted by Crippen LogP contribution is -2.39. The molecule has 1 aliphatic heterocycles. The molecule has 1 fully saturated rings. The Balaban J connectivity index is 1.96. The number of nitrogens with zero attached hydrogens (tertiary/aromatic N) is 3. The molecule has 5 heteroatoms. The SMILES string of the molecule is CN1CCCCC1Cn1c(N)nc2c(Cl)cccc21. The molecule has 1 aromatic heterocycles. The number of hydrogen-bond acceptors (Lipinski definition) is 3. The highest BCUT2D eigenvalue weighted by atomic mass is 35.5. The molecule has 1 aliphatic rings. The number of imidazole rings is 1. The number of halogens is 1. The molecule has 19 heavy (non-hydrogen) atoms. The standard InChI is InChI=1S/C14H19ClN4/c1-18-8-3-2-5-10(18)9-19-12-7-4-6-11(15)13(12)17-14(19)16/h4,6-7,10H,2-3,5,8-9H2,1H3,(H2,16,17). The normalized spacial score (nSPS) is 21.1. The van der Waals surface area contributed by atoms with Crippen molar-refractivity contribution in [3.8, 4) is 0 Å². The van der Waals surface area contributed by atoms with Gasteiger partial charge < -0.3 is 15.2 Å². The Morgan fingerprint density at radius 1 is 1.42 bits per heavy atom. The molecule has 0 aliphatic carbocycles. The van der Waals surface area contributed by atoms with Gasteiger partial charge in [0.25, 0.3) is 0 Å². The number of piperidine rings is 1. The Bertz CT molecular complexity index is 592. The number of fused-ring (bicyclic) bond motifs is 1. The van der Waals surface area contributed by atoms with Gasteiger partial charge in [0, 0.05) is 12.6 Å². The quantitative estimate of drug-likeness (QED) is 0.919. The van der Waals surface area contributed by atoms with Crippen molar-refractivity contribution in [2.45, 2.75) is 31.8 Å². The van der Waals surface area contributed by atoms with Crippen molar-refractivity contribution in [3.63, 3.8) is 0 Å². The van der Waals surface area contributed by atoms with Gasteiger partial charge >= 0.3 is 0 Å². The first-order chi connectivity index (χ1) is 9.16. The van der Waals surface area contributed by atoms with E-state index in [0.29, 0.717) is 17.0 Å². The van der Waals surface area contributed by atoms with Crippen LogP contribution < -0.4 is 5.73 Å². The van der Waals surface area contributed by atoms with Crippen molar-refractivity contribution in [2.24, 2.45) is 0 Å². The second-order valence-corrected chi connectivity index (χ2v) is 5.73. The summed E-state index contributed by atoms with van der Waals surface area (Å²) in [6, 6.07) is 6.38. The van der Waals surface area contributed by atoms with Crippen LogP contribution in [0.25, 0.3) is 11.0 Å². The van der Waals surface area contributed by atoms with E-state index in [9.17, 15) is 0 Å². The first-order valence-electron chi connectivity index (χ1n) is 6.77. The first kappa shape index (κ1) is 12.8. The van der Waals surface area contributed by atoms with E-state index in [1.54, 1.807) is 0 Å². The summed E-state index contributed by atoms with van der Waals surface area (Å²) in [5.74, 6) is 0.557. The zero-order chi connectivity index (χ0) is 13.4. The maximum atomic E-state index is 6.17. The lowest BCUT2D eigenvalue weighted by molar-refractivity contribution is 0.169. The van der Waals surface area contributed by atoms with E-state index in [2.05, 4.69) is 21.5 Å². The summed E-state index contributed by atoms with van der Waals surface area (Å²) in [7, 11) is 2.19. The van der Waals surface area contributed by atoms with Crippen molar-refractivity contribution < 1.29 is 0 Å². The number of nitrogens with two attached hydrogens (primary N) is 1. The lowest BCUT2D eigenvalue weighted by Gasteiger charge is -2.32. The van der Waals surface area contributed by atoms with Gasteiger partial charge in [-0.1, -0.05) is 24.1 Å². The maximum Gasteiger partial charge on any atom is 0.201 e. The largest absolute Gasteiger partial charge is 0.369 e. The van der Waals surface area contributed by atoms with Crippen molar-refractivity contribution in [1.82, 2.24) is 14.5 Å². The molecule has 1 unspecified atom stereocenters. The number of nitrogen functional groups attached to an aromatic ring is 1. The Kier molecular flexibility index (Phi) is 3.37. The van der Waals surface area contributed by atoms with Crippen LogP contribution in [0.5, 0.6) is 0 Å². The van der Waals surface area contributed by atoms with Gasteiger partial charge in [-0.15, -0.1) is 0 Å². The highest BCUT2D eigenvalue weighted by molar-refractivity contribution is 6.35. The minimum Gasteiger partial charge on any atom is -0.369 e. The van der Waals surface area contributed by atoms with Crippen molar-refractivity contribution in [1.29, 1.82) is 0 Å². The van der Waals surface area contributed by atoms with Gasteiger partial charge in [0.1, 0.15) is 5.52 Å². The van der Waals surface area contributed by atoms with E-state index in [4.69, 9.17) is 17.3 Å². The predicted molar refractivity (Wildman–Crippen MR) is 79.4 cm³/mol. The number of likely N-dealkylation sites (N-methyl/N-ethyl adjacent to an activating group) is 1. The fraction of sp³-hybridized carbons (Fsp3) is 0.500. The van der Waals surface area contributed by atoms with Gasteiger partial charge in [-0.25, -0.2) is 4.98 Å². The predicted octanol–water partition coefficient (Wildman–Crippen LogP) is 2.76. The van der Waals surface area contributed by atoms with Crippen LogP contribution in [0.3, 0.4) is 0 Å². The number of hydrogen-bond donors (Lipinski definition) is 1. The number of benzene rings is 1. The second-order valence-electron chi connectivity index (χ2n) is 5.32. The molecule has 0 radical (unpaired) electrons. The topological polar surface area (TPSA) is 47.1 Å². The summed E-state index contributed by atoms with van der Waals surface area (Å²) < 4.78 is 2.09. The third kappa shape index (κ3) is 2.30. The minimum absolute atomic E-state index is 0.535. The molecule has 102 valence electrons. The summed E-state index contributed by atoms with van der Waals surface area (Å²) in [5, 5.41) is 0.667. The summed E-state index contributed by atoms with van der Waals surface area (Å²) in [4.78, 5) is 6.81. The molecule has 0 saturated carbocycles. The van der Waals surface area contributed by atoms with Crippen LogP contribution in [-0.4, -0.2) is 34.1 Å². The van der Waals surface area contributed by atoms with E-state index in [0.717, 1.165) is 24.1 Å². The van der Waals surface area contributed by atoms with Crippen LogP contribution in [0, 0.1) is 0 Å². The molecule has 3 rings (SSSR count). The van der Waals surface area contributed by atoms with Gasteiger partial charge in [-0.05, 0) is 38.6 Å². The monoisotopic (exact) mass is 278 g/mol. The second kappa shape index (κ2) is 5.02. The van der Waals surface area contributed by atoms with Crippen LogP contribution in [0.15, 0.2) is 18.2 Å². The molecule has 4 nitrogen and oxygen atoms in total. The van der Waals surface area contributed by atoms with E-state index in [1.165, 1.54) is 19.3 Å². The van der Waals surface area contributed by atoms with Gasteiger partial charge in [0.15, 0.2) is 0 Å². The highest BCUT2D eigenvalue weighted by Crippen LogP contribution is 2.26. The molecule has 0 spiro atoms. The highest BCUT2D eigenvalue weighted by Gasteiger charge is 2.21. The fourth-order valence-corrected chi connectivity index (χ4v) is 3.12. The Hall–Kier alpha value is -1.26. The molecule has 0 bridgehead atoms. The summed E-state index contributed by atoms with van der Waals surface area (Å²) >= 11 is 6.17. The van der Waals surface area contributed by atoms with Gasteiger partial charge in [-0.3, -0.25) is 0 Å². The van der Waals surface area contributed by atoms with Crippen LogP contribution >= 0.6 is 11.6 Å². The van der Waals surface area contributed by atoms with Crippen molar-refractivity contribution in [2.75, 3.05) is 19.3 Å². The number of aromatic nitrogens is 2. The van der Waals surface area contributed by atoms with E-state index < -0.39 is 0 Å². The lowest BCUT2D eigenvalue weighted by atomic mass is 10.0. The van der Waals surface area contributed by atoms with Crippen molar-refractivity contribution >= 4 is 28.6 Å². The molecule has 2 N–H and O–H groups in total. The molecular formula is C14H19ClN4. The van der Waals surface area contributed by atoms with Crippen LogP contribution in [0.2, 0.25) is 5.02 Å². The molecule has 2 heterocycles. The summed E-state index contributed by atoms with van der Waals surface area (Å²) in [5.41, 5.74) is 7.90. The van der Waals surface area contributed by atoms with Crippen molar-refractivity contribution in [3.05, 3.63) is 23.2 Å². The third-order valence-electron chi connectivity index (χ3n) is 4.07. The molecule has 0 amide bonds. The van der Waals surface area contributed by atoms with E-state index in [-0.39, 0.29) is 0 Å². The zero-order valence-electron chi connectivity index (χ0n) is 11.1. The Morgan fingerprint density at radius 2 is 2.26 bits per heavy atom. The molecular weight excluding hydrogens is 260 g/mol. The first-order valence-corrected chi connectivity index (χ1v) is 7.15. The average molecular weight is 279 g/mol. The molecule has 1 atom stereocenters. The van der Waals surface area contributed by atoms with Gasteiger partial charge in [0.05, 0.1) is 10.5 Å². The third-order valence-corrected chi connectivity index (χ3v) is 4.38. The number of anilines is 1. The molecule has 2 aromatic rings. The Labute approximate surface area is 118 Å². The molecule has 1 saturated heterocycles. The average Bonchev–Trinajstić information content (AvgIpc) is 2.71. The smallest absolute Gasteiger partial charge is 0.201 e. The summed E-state index contributed by atoms with van der Waals surface area (Å²) in [6.07, 6.45) is 3.80. The minimum atomic E-state index is 0.535. The van der Waals surface area contributed by atoms with Gasteiger partial charge in [-0.2, -0.15) is 0 Å².